The van der Waals surface area contributed by atoms with Crippen molar-refractivity contribution in [3.8, 4) is 22.7 Å². The molecule has 0 saturated carbocycles. The van der Waals surface area contributed by atoms with Crippen molar-refractivity contribution >= 4 is 11.0 Å². The van der Waals surface area contributed by atoms with Gasteiger partial charge >= 0.3 is 0 Å². The molecular weight excluding hydrogens is 352 g/mol. The van der Waals surface area contributed by atoms with E-state index < -0.39 is 0 Å². The fourth-order valence-corrected chi connectivity index (χ4v) is 3.18. The molecular formula is C21H18N6O. The van der Waals surface area contributed by atoms with Gasteiger partial charge in [-0.25, -0.2) is 9.97 Å². The van der Waals surface area contributed by atoms with Crippen molar-refractivity contribution in [2.24, 2.45) is 0 Å². The Morgan fingerprint density at radius 2 is 1.96 bits per heavy atom. The third-order valence-electron chi connectivity index (χ3n) is 4.57. The van der Waals surface area contributed by atoms with Crippen LogP contribution < -0.4 is 4.74 Å². The summed E-state index contributed by atoms with van der Waals surface area (Å²) in [6.45, 7) is 1.28. The molecule has 4 heterocycles. The van der Waals surface area contributed by atoms with Crippen LogP contribution in [0, 0.1) is 0 Å². The average molecular weight is 370 g/mol. The highest BCUT2D eigenvalue weighted by Gasteiger charge is 2.12. The second-order valence-electron chi connectivity index (χ2n) is 6.38. The monoisotopic (exact) mass is 370 g/mol. The number of aromatic nitrogens is 6. The molecule has 0 amide bonds. The van der Waals surface area contributed by atoms with Gasteiger partial charge in [-0.1, -0.05) is 0 Å². The molecule has 7 nitrogen and oxygen atoms in total. The number of hydrogen-bond donors (Lipinski definition) is 1. The van der Waals surface area contributed by atoms with Crippen LogP contribution in [-0.4, -0.2) is 35.9 Å². The van der Waals surface area contributed by atoms with E-state index in [-0.39, 0.29) is 0 Å². The number of ether oxygens (including phenoxy) is 1. The molecule has 0 aliphatic carbocycles. The number of H-pyrrole nitrogens is 1. The first-order valence-corrected chi connectivity index (χ1v) is 9.04. The van der Waals surface area contributed by atoms with Gasteiger partial charge in [0, 0.05) is 41.9 Å². The van der Waals surface area contributed by atoms with E-state index >= 15 is 0 Å². The van der Waals surface area contributed by atoms with Gasteiger partial charge in [-0.05, 0) is 42.5 Å². The lowest BCUT2D eigenvalue weighted by Gasteiger charge is -2.11. The van der Waals surface area contributed by atoms with Gasteiger partial charge in [0.05, 0.1) is 24.3 Å². The van der Waals surface area contributed by atoms with E-state index in [1.54, 1.807) is 18.7 Å². The predicted octanol–water partition coefficient (Wildman–Crippen LogP) is 3.69. The Bertz CT molecular complexity index is 1170. The Kier molecular flexibility index (Phi) is 4.10. The molecule has 0 unspecified atom stereocenters. The molecule has 7 heteroatoms. The number of hydrogen-bond acceptors (Lipinski definition) is 4. The van der Waals surface area contributed by atoms with Crippen LogP contribution in [0.1, 0.15) is 0 Å². The molecule has 0 radical (unpaired) electrons. The first kappa shape index (κ1) is 16.3. The number of nitrogens with one attached hydrogen (secondary N) is 1. The van der Waals surface area contributed by atoms with Gasteiger partial charge in [0.15, 0.2) is 0 Å². The largest absolute Gasteiger partial charge is 0.492 e. The van der Waals surface area contributed by atoms with Crippen LogP contribution in [0.2, 0.25) is 0 Å². The molecule has 0 aliphatic rings. The lowest BCUT2D eigenvalue weighted by molar-refractivity contribution is 0.291. The molecule has 138 valence electrons. The van der Waals surface area contributed by atoms with Crippen molar-refractivity contribution < 1.29 is 4.74 Å². The van der Waals surface area contributed by atoms with Crippen molar-refractivity contribution in [2.75, 3.05) is 6.61 Å². The molecule has 0 spiro atoms. The Balaban J connectivity index is 1.42. The third kappa shape index (κ3) is 3.14. The minimum atomic E-state index is 0.563. The molecule has 1 aromatic carbocycles. The van der Waals surface area contributed by atoms with Crippen molar-refractivity contribution in [3.63, 3.8) is 0 Å². The summed E-state index contributed by atoms with van der Waals surface area (Å²) >= 11 is 0. The maximum Gasteiger partial charge on any atom is 0.138 e. The van der Waals surface area contributed by atoms with E-state index in [0.29, 0.717) is 13.2 Å². The van der Waals surface area contributed by atoms with Gasteiger partial charge < -0.3 is 14.3 Å². The highest BCUT2D eigenvalue weighted by Crippen LogP contribution is 2.29. The zero-order chi connectivity index (χ0) is 18.8. The van der Waals surface area contributed by atoms with Gasteiger partial charge in [0.2, 0.25) is 0 Å². The second-order valence-corrected chi connectivity index (χ2v) is 6.38. The summed E-state index contributed by atoms with van der Waals surface area (Å²) < 4.78 is 9.65. The standard InChI is InChI=1S/C21H18N6O/c1-7-24-27(10-1)12-13-28-18-4-2-16(3-5-18)20-19(26-11-9-22-15-26)14-17-6-8-23-21(17)25-20/h1-11,14-15H,12-13H2,(H,23,25). The fraction of sp³-hybridized carbons (Fsp3) is 0.0952. The Hall–Kier alpha value is -3.87. The number of imidazole rings is 1. The number of rotatable bonds is 6. The molecule has 0 fully saturated rings. The average Bonchev–Trinajstić information content (AvgIpc) is 3.49. The third-order valence-corrected chi connectivity index (χ3v) is 4.57. The highest BCUT2D eigenvalue weighted by molar-refractivity contribution is 5.84. The summed E-state index contributed by atoms with van der Waals surface area (Å²) in [6, 6.07) is 14.0. The summed E-state index contributed by atoms with van der Waals surface area (Å²) in [7, 11) is 0. The van der Waals surface area contributed by atoms with E-state index in [9.17, 15) is 0 Å². The van der Waals surface area contributed by atoms with E-state index in [4.69, 9.17) is 9.72 Å². The summed E-state index contributed by atoms with van der Waals surface area (Å²) in [5, 5.41) is 5.23. The van der Waals surface area contributed by atoms with Crippen LogP contribution in [0.5, 0.6) is 5.75 Å². The molecule has 0 atom stereocenters. The van der Waals surface area contributed by atoms with Gasteiger partial charge in [0.1, 0.15) is 18.0 Å². The quantitative estimate of drug-likeness (QED) is 0.495. The van der Waals surface area contributed by atoms with Crippen molar-refractivity contribution in [1.82, 2.24) is 29.3 Å². The van der Waals surface area contributed by atoms with Crippen LogP contribution in [-0.2, 0) is 6.54 Å². The van der Waals surface area contributed by atoms with E-state index in [2.05, 4.69) is 21.1 Å². The topological polar surface area (TPSA) is 73.5 Å². The van der Waals surface area contributed by atoms with Crippen molar-refractivity contribution in [2.45, 2.75) is 6.54 Å². The summed E-state index contributed by atoms with van der Waals surface area (Å²) in [4.78, 5) is 12.2. The first-order chi connectivity index (χ1) is 13.9. The van der Waals surface area contributed by atoms with Crippen LogP contribution in [0.25, 0.3) is 28.0 Å². The number of benzene rings is 1. The Labute approximate surface area is 161 Å². The number of pyridine rings is 1. The maximum atomic E-state index is 5.83. The van der Waals surface area contributed by atoms with Gasteiger partial charge in [-0.15, -0.1) is 0 Å². The molecule has 28 heavy (non-hydrogen) atoms. The van der Waals surface area contributed by atoms with E-state index in [0.717, 1.165) is 33.7 Å². The minimum absolute atomic E-state index is 0.563. The van der Waals surface area contributed by atoms with Crippen molar-refractivity contribution in [3.05, 3.63) is 79.8 Å². The molecule has 5 rings (SSSR count). The highest BCUT2D eigenvalue weighted by atomic mass is 16.5. The minimum Gasteiger partial charge on any atom is -0.492 e. The van der Waals surface area contributed by atoms with Gasteiger partial charge in [-0.3, -0.25) is 4.68 Å². The number of nitrogens with zero attached hydrogens (tertiary/aromatic N) is 5. The van der Waals surface area contributed by atoms with E-state index in [1.807, 2.05) is 64.2 Å². The van der Waals surface area contributed by atoms with Gasteiger partial charge in [-0.2, -0.15) is 5.10 Å². The molecule has 5 aromatic rings. The predicted molar refractivity (Wildman–Crippen MR) is 106 cm³/mol. The fourth-order valence-electron chi connectivity index (χ4n) is 3.18. The zero-order valence-corrected chi connectivity index (χ0v) is 15.1. The lowest BCUT2D eigenvalue weighted by Crippen LogP contribution is -2.08. The maximum absolute atomic E-state index is 5.83. The normalized spacial score (nSPS) is 11.1. The van der Waals surface area contributed by atoms with Crippen LogP contribution in [0.15, 0.2) is 79.8 Å². The second kappa shape index (κ2) is 7.03. The van der Waals surface area contributed by atoms with Crippen LogP contribution in [0.3, 0.4) is 0 Å². The SMILES string of the molecule is c1cnn(CCOc2ccc(-c3nc4[nH]ccc4cc3-n3ccnc3)cc2)c1. The molecule has 4 aromatic heterocycles. The molecule has 0 aliphatic heterocycles. The number of aromatic amines is 1. The Morgan fingerprint density at radius 1 is 1.04 bits per heavy atom. The summed E-state index contributed by atoms with van der Waals surface area (Å²) in [6.07, 6.45) is 11.1. The van der Waals surface area contributed by atoms with Crippen molar-refractivity contribution in [1.29, 1.82) is 0 Å². The first-order valence-electron chi connectivity index (χ1n) is 9.04. The van der Waals surface area contributed by atoms with Crippen LogP contribution in [0.4, 0.5) is 0 Å². The molecule has 1 N–H and O–H groups in total. The van der Waals surface area contributed by atoms with E-state index in [1.165, 1.54) is 0 Å². The number of fused-ring (bicyclic) bond motifs is 1. The smallest absolute Gasteiger partial charge is 0.138 e. The summed E-state index contributed by atoms with van der Waals surface area (Å²) in [5.74, 6) is 0.820. The van der Waals surface area contributed by atoms with Crippen LogP contribution >= 0.6 is 0 Å². The summed E-state index contributed by atoms with van der Waals surface area (Å²) in [5.41, 5.74) is 3.74. The molecule has 0 saturated heterocycles. The lowest BCUT2D eigenvalue weighted by atomic mass is 10.1. The van der Waals surface area contributed by atoms with Gasteiger partial charge in [0.25, 0.3) is 0 Å². The Morgan fingerprint density at radius 3 is 2.75 bits per heavy atom. The molecule has 0 bridgehead atoms. The zero-order valence-electron chi connectivity index (χ0n) is 15.1.